The molecule has 1 N–H and O–H groups in total. The van der Waals surface area contributed by atoms with Gasteiger partial charge in [-0.05, 0) is 25.5 Å². The first-order valence-electron chi connectivity index (χ1n) is 4.69. The molecule has 0 aliphatic carbocycles. The van der Waals surface area contributed by atoms with Crippen LogP contribution in [0.4, 0.5) is 0 Å². The summed E-state index contributed by atoms with van der Waals surface area (Å²) in [5.74, 6) is -0.733. The SMILES string of the molecule is Cc1onc2cccc(C(C)C(=O)O)c12. The third kappa shape index (κ3) is 1.48. The van der Waals surface area contributed by atoms with Crippen molar-refractivity contribution in [2.75, 3.05) is 0 Å². The molecule has 0 aliphatic heterocycles. The van der Waals surface area contributed by atoms with Crippen LogP contribution in [0.3, 0.4) is 0 Å². The monoisotopic (exact) mass is 205 g/mol. The standard InChI is InChI=1S/C11H11NO3/c1-6(11(13)14)8-4-3-5-9-10(8)7(2)15-12-9/h3-6H,1-2H3,(H,13,14). The molecule has 1 heterocycles. The number of aromatic nitrogens is 1. The molecule has 78 valence electrons. The molecular formula is C11H11NO3. The van der Waals surface area contributed by atoms with Crippen LogP contribution in [0.1, 0.15) is 24.2 Å². The second-order valence-electron chi connectivity index (χ2n) is 3.54. The van der Waals surface area contributed by atoms with Crippen molar-refractivity contribution in [2.24, 2.45) is 0 Å². The molecule has 1 unspecified atom stereocenters. The van der Waals surface area contributed by atoms with Gasteiger partial charge in [-0.25, -0.2) is 0 Å². The number of carboxylic acids is 1. The van der Waals surface area contributed by atoms with E-state index in [1.165, 1.54) is 0 Å². The molecule has 1 aromatic carbocycles. The molecule has 4 nitrogen and oxygen atoms in total. The highest BCUT2D eigenvalue weighted by Gasteiger charge is 2.19. The number of benzene rings is 1. The van der Waals surface area contributed by atoms with Crippen LogP contribution in [-0.2, 0) is 4.79 Å². The summed E-state index contributed by atoms with van der Waals surface area (Å²) in [6.45, 7) is 3.44. The summed E-state index contributed by atoms with van der Waals surface area (Å²) in [6, 6.07) is 5.40. The molecule has 1 atom stereocenters. The molecule has 0 aliphatic rings. The van der Waals surface area contributed by atoms with Crippen molar-refractivity contribution in [2.45, 2.75) is 19.8 Å². The highest BCUT2D eigenvalue weighted by atomic mass is 16.5. The maximum Gasteiger partial charge on any atom is 0.310 e. The van der Waals surface area contributed by atoms with Gasteiger partial charge in [0, 0.05) is 5.39 Å². The van der Waals surface area contributed by atoms with E-state index in [0.717, 1.165) is 10.9 Å². The van der Waals surface area contributed by atoms with Crippen LogP contribution in [0.15, 0.2) is 22.7 Å². The molecule has 0 saturated carbocycles. The molecule has 0 fully saturated rings. The normalized spacial score (nSPS) is 12.9. The summed E-state index contributed by atoms with van der Waals surface area (Å²) < 4.78 is 5.04. The van der Waals surface area contributed by atoms with Gasteiger partial charge in [0.2, 0.25) is 0 Å². The maximum atomic E-state index is 10.9. The number of fused-ring (bicyclic) bond motifs is 1. The lowest BCUT2D eigenvalue weighted by atomic mass is 9.97. The lowest BCUT2D eigenvalue weighted by Crippen LogP contribution is -2.07. The average Bonchev–Trinajstić information content (AvgIpc) is 2.59. The van der Waals surface area contributed by atoms with Gasteiger partial charge in [-0.3, -0.25) is 4.79 Å². The number of hydrogen-bond donors (Lipinski definition) is 1. The minimum absolute atomic E-state index is 0.549. The average molecular weight is 205 g/mol. The Hall–Kier alpha value is -1.84. The molecule has 2 aromatic rings. The molecule has 0 amide bonds. The topological polar surface area (TPSA) is 63.3 Å². The van der Waals surface area contributed by atoms with Gasteiger partial charge in [0.15, 0.2) is 0 Å². The van der Waals surface area contributed by atoms with Gasteiger partial charge in [-0.15, -0.1) is 0 Å². The quantitative estimate of drug-likeness (QED) is 0.817. The van der Waals surface area contributed by atoms with E-state index in [9.17, 15) is 4.79 Å². The molecule has 0 saturated heterocycles. The zero-order chi connectivity index (χ0) is 11.0. The number of aryl methyl sites for hydroxylation is 1. The number of carbonyl (C=O) groups is 1. The molecule has 15 heavy (non-hydrogen) atoms. The smallest absolute Gasteiger partial charge is 0.310 e. The van der Waals surface area contributed by atoms with Gasteiger partial charge in [-0.1, -0.05) is 17.3 Å². The second kappa shape index (κ2) is 3.38. The van der Waals surface area contributed by atoms with Crippen molar-refractivity contribution >= 4 is 16.9 Å². The van der Waals surface area contributed by atoms with Crippen LogP contribution in [0, 0.1) is 6.92 Å². The number of hydrogen-bond acceptors (Lipinski definition) is 3. The minimum atomic E-state index is -0.844. The summed E-state index contributed by atoms with van der Waals surface area (Å²) in [4.78, 5) is 10.9. The number of nitrogens with zero attached hydrogens (tertiary/aromatic N) is 1. The first kappa shape index (κ1) is 9.71. The molecule has 0 spiro atoms. The third-order valence-electron chi connectivity index (χ3n) is 2.54. The summed E-state index contributed by atoms with van der Waals surface area (Å²) in [7, 11) is 0. The lowest BCUT2D eigenvalue weighted by molar-refractivity contribution is -0.138. The predicted molar refractivity (Wildman–Crippen MR) is 54.8 cm³/mol. The predicted octanol–water partition coefficient (Wildman–Crippen LogP) is 2.32. The number of aliphatic carboxylic acids is 1. The number of rotatable bonds is 2. The van der Waals surface area contributed by atoms with E-state index < -0.39 is 11.9 Å². The van der Waals surface area contributed by atoms with Crippen LogP contribution in [0.5, 0.6) is 0 Å². The van der Waals surface area contributed by atoms with Crippen molar-refractivity contribution in [3.05, 3.63) is 29.5 Å². The first-order chi connectivity index (χ1) is 7.11. The Kier molecular flexibility index (Phi) is 2.19. The maximum absolute atomic E-state index is 10.9. The van der Waals surface area contributed by atoms with E-state index >= 15 is 0 Å². The summed E-state index contributed by atoms with van der Waals surface area (Å²) >= 11 is 0. The van der Waals surface area contributed by atoms with E-state index in [-0.39, 0.29) is 0 Å². The summed E-state index contributed by atoms with van der Waals surface area (Å²) in [5, 5.41) is 13.6. The first-order valence-corrected chi connectivity index (χ1v) is 4.69. The van der Waals surface area contributed by atoms with E-state index in [0.29, 0.717) is 11.3 Å². The third-order valence-corrected chi connectivity index (χ3v) is 2.54. The van der Waals surface area contributed by atoms with Gasteiger partial charge in [0.1, 0.15) is 11.3 Å². The molecule has 0 bridgehead atoms. The largest absolute Gasteiger partial charge is 0.481 e. The van der Waals surface area contributed by atoms with Gasteiger partial charge in [0.25, 0.3) is 0 Å². The summed E-state index contributed by atoms with van der Waals surface area (Å²) in [6.07, 6.45) is 0. The van der Waals surface area contributed by atoms with Crippen LogP contribution < -0.4 is 0 Å². The van der Waals surface area contributed by atoms with Crippen LogP contribution in [0.25, 0.3) is 10.9 Å². The Morgan fingerprint density at radius 3 is 2.93 bits per heavy atom. The Labute approximate surface area is 86.5 Å². The second-order valence-corrected chi connectivity index (χ2v) is 3.54. The Morgan fingerprint density at radius 2 is 2.27 bits per heavy atom. The molecule has 4 heteroatoms. The Morgan fingerprint density at radius 1 is 1.53 bits per heavy atom. The van der Waals surface area contributed by atoms with Crippen LogP contribution in [0.2, 0.25) is 0 Å². The molecule has 0 radical (unpaired) electrons. The van der Waals surface area contributed by atoms with E-state index in [2.05, 4.69) is 5.16 Å². The lowest BCUT2D eigenvalue weighted by Gasteiger charge is -2.07. The van der Waals surface area contributed by atoms with Crippen molar-refractivity contribution in [1.82, 2.24) is 5.16 Å². The molecule has 2 rings (SSSR count). The Bertz CT molecular complexity index is 516. The van der Waals surface area contributed by atoms with Crippen molar-refractivity contribution in [3.63, 3.8) is 0 Å². The highest BCUT2D eigenvalue weighted by Crippen LogP contribution is 2.27. The van der Waals surface area contributed by atoms with E-state index in [4.69, 9.17) is 9.63 Å². The molecular weight excluding hydrogens is 194 g/mol. The summed E-state index contributed by atoms with van der Waals surface area (Å²) in [5.41, 5.74) is 1.46. The van der Waals surface area contributed by atoms with Gasteiger partial charge < -0.3 is 9.63 Å². The van der Waals surface area contributed by atoms with Crippen molar-refractivity contribution in [1.29, 1.82) is 0 Å². The fourth-order valence-corrected chi connectivity index (χ4v) is 1.67. The fraction of sp³-hybridized carbons (Fsp3) is 0.273. The zero-order valence-corrected chi connectivity index (χ0v) is 8.52. The highest BCUT2D eigenvalue weighted by molar-refractivity contribution is 5.89. The fourth-order valence-electron chi connectivity index (χ4n) is 1.67. The van der Waals surface area contributed by atoms with Crippen molar-refractivity contribution < 1.29 is 14.4 Å². The van der Waals surface area contributed by atoms with E-state index in [1.54, 1.807) is 26.0 Å². The van der Waals surface area contributed by atoms with Crippen LogP contribution >= 0.6 is 0 Å². The van der Waals surface area contributed by atoms with Gasteiger partial charge >= 0.3 is 5.97 Å². The minimum Gasteiger partial charge on any atom is -0.481 e. The molecule has 1 aromatic heterocycles. The van der Waals surface area contributed by atoms with Crippen LogP contribution in [-0.4, -0.2) is 16.2 Å². The number of carboxylic acid groups (broad SMARTS) is 1. The van der Waals surface area contributed by atoms with Crippen molar-refractivity contribution in [3.8, 4) is 0 Å². The van der Waals surface area contributed by atoms with Gasteiger partial charge in [0.05, 0.1) is 5.92 Å². The van der Waals surface area contributed by atoms with Gasteiger partial charge in [-0.2, -0.15) is 0 Å². The Balaban J connectivity index is 2.69. The van der Waals surface area contributed by atoms with E-state index in [1.807, 2.05) is 6.07 Å². The zero-order valence-electron chi connectivity index (χ0n) is 8.52.